The van der Waals surface area contributed by atoms with Crippen LogP contribution < -0.4 is 5.43 Å². The van der Waals surface area contributed by atoms with E-state index in [2.05, 4.69) is 41.7 Å². The van der Waals surface area contributed by atoms with E-state index in [1.54, 1.807) is 0 Å². The summed E-state index contributed by atoms with van der Waals surface area (Å²) in [6.45, 7) is 2.08. The molecule has 0 unspecified atom stereocenters. The lowest BCUT2D eigenvalue weighted by molar-refractivity contribution is -0.127. The zero-order valence-electron chi connectivity index (χ0n) is 10.6. The van der Waals surface area contributed by atoms with Crippen LogP contribution in [0.1, 0.15) is 36.8 Å². The van der Waals surface area contributed by atoms with Crippen LogP contribution >= 0.6 is 0 Å². The lowest BCUT2D eigenvalue weighted by Gasteiger charge is -2.34. The molecular formula is C15H18N2O. The van der Waals surface area contributed by atoms with Gasteiger partial charge in [-0.25, -0.2) is 5.43 Å². The minimum Gasteiger partial charge on any atom is -0.273 e. The maximum Gasteiger partial charge on any atom is 0.243 e. The summed E-state index contributed by atoms with van der Waals surface area (Å²) in [7, 11) is 0. The number of nitrogens with zero attached hydrogens (tertiary/aromatic N) is 1. The third-order valence-corrected chi connectivity index (χ3v) is 4.09. The highest BCUT2D eigenvalue weighted by Crippen LogP contribution is 2.34. The normalized spacial score (nSPS) is 27.2. The molecule has 1 aromatic carbocycles. The molecule has 94 valence electrons. The Morgan fingerprint density at radius 1 is 1.11 bits per heavy atom. The van der Waals surface area contributed by atoms with Gasteiger partial charge in [0.25, 0.3) is 0 Å². The fourth-order valence-electron chi connectivity index (χ4n) is 3.06. The number of hydrogen-bond donors (Lipinski definition) is 1. The smallest absolute Gasteiger partial charge is 0.243 e. The Kier molecular flexibility index (Phi) is 2.90. The fraction of sp³-hybridized carbons (Fsp3) is 0.467. The number of rotatable bonds is 1. The van der Waals surface area contributed by atoms with Gasteiger partial charge in [-0.1, -0.05) is 42.7 Å². The summed E-state index contributed by atoms with van der Waals surface area (Å²) in [5.41, 5.74) is 6.16. The van der Waals surface area contributed by atoms with E-state index >= 15 is 0 Å². The van der Waals surface area contributed by atoms with E-state index in [0.29, 0.717) is 5.92 Å². The molecule has 0 aromatic heterocycles. The third kappa shape index (κ3) is 1.94. The molecule has 1 aliphatic carbocycles. The van der Waals surface area contributed by atoms with Crippen molar-refractivity contribution in [2.75, 3.05) is 0 Å². The average Bonchev–Trinajstić information content (AvgIpc) is 2.41. The van der Waals surface area contributed by atoms with Gasteiger partial charge in [0.1, 0.15) is 0 Å². The van der Waals surface area contributed by atoms with Gasteiger partial charge in [0, 0.05) is 11.8 Å². The molecule has 1 aliphatic heterocycles. The predicted octanol–water partition coefficient (Wildman–Crippen LogP) is 2.64. The molecule has 1 N–H and O–H groups in total. The SMILES string of the molecule is Cc1ccc(C2=NNC(=O)[C@H]3CCCC[C@@H]23)cc1. The van der Waals surface area contributed by atoms with Crippen molar-refractivity contribution in [3.05, 3.63) is 35.4 Å². The van der Waals surface area contributed by atoms with E-state index in [9.17, 15) is 4.79 Å². The molecule has 1 saturated carbocycles. The van der Waals surface area contributed by atoms with Crippen LogP contribution in [0.15, 0.2) is 29.4 Å². The molecular weight excluding hydrogens is 224 g/mol. The Balaban J connectivity index is 1.95. The molecule has 2 aliphatic rings. The van der Waals surface area contributed by atoms with Crippen molar-refractivity contribution in [2.45, 2.75) is 32.6 Å². The largest absolute Gasteiger partial charge is 0.273 e. The van der Waals surface area contributed by atoms with E-state index in [0.717, 1.165) is 30.5 Å². The van der Waals surface area contributed by atoms with Gasteiger partial charge in [0.05, 0.1) is 5.71 Å². The average molecular weight is 242 g/mol. The van der Waals surface area contributed by atoms with Crippen molar-refractivity contribution in [1.29, 1.82) is 0 Å². The highest BCUT2D eigenvalue weighted by molar-refractivity contribution is 6.06. The van der Waals surface area contributed by atoms with Crippen molar-refractivity contribution in [3.63, 3.8) is 0 Å². The van der Waals surface area contributed by atoms with Crippen molar-refractivity contribution in [1.82, 2.24) is 5.43 Å². The molecule has 3 heteroatoms. The molecule has 3 nitrogen and oxygen atoms in total. The number of hydrogen-bond acceptors (Lipinski definition) is 2. The first-order chi connectivity index (χ1) is 8.75. The summed E-state index contributed by atoms with van der Waals surface area (Å²) in [5, 5.41) is 4.31. The number of nitrogens with one attached hydrogen (secondary N) is 1. The van der Waals surface area contributed by atoms with Crippen LogP contribution in [0.2, 0.25) is 0 Å². The second-order valence-corrected chi connectivity index (χ2v) is 5.34. The van der Waals surface area contributed by atoms with Gasteiger partial charge < -0.3 is 0 Å². The summed E-state index contributed by atoms with van der Waals surface area (Å²) in [6, 6.07) is 8.42. The Hall–Kier alpha value is -1.64. The number of carbonyl (C=O) groups excluding carboxylic acids is 1. The zero-order chi connectivity index (χ0) is 12.5. The van der Waals surface area contributed by atoms with Gasteiger partial charge in [0.15, 0.2) is 0 Å². The van der Waals surface area contributed by atoms with Crippen LogP contribution in [-0.4, -0.2) is 11.6 Å². The second kappa shape index (κ2) is 4.56. The monoisotopic (exact) mass is 242 g/mol. The number of carbonyl (C=O) groups is 1. The van der Waals surface area contributed by atoms with Crippen LogP contribution in [0.25, 0.3) is 0 Å². The quantitative estimate of drug-likeness (QED) is 0.808. The molecule has 0 saturated heterocycles. The summed E-state index contributed by atoms with van der Waals surface area (Å²) in [4.78, 5) is 11.8. The lowest BCUT2D eigenvalue weighted by atomic mass is 9.74. The van der Waals surface area contributed by atoms with Crippen LogP contribution in [0.5, 0.6) is 0 Å². The number of amides is 1. The number of hydrazone groups is 1. The Bertz CT molecular complexity index is 490. The number of benzene rings is 1. The van der Waals surface area contributed by atoms with E-state index in [1.807, 2.05) is 0 Å². The van der Waals surface area contributed by atoms with Gasteiger partial charge in [-0.2, -0.15) is 5.10 Å². The van der Waals surface area contributed by atoms with Gasteiger partial charge in [0.2, 0.25) is 5.91 Å². The van der Waals surface area contributed by atoms with Crippen LogP contribution in [-0.2, 0) is 4.79 Å². The molecule has 2 atom stereocenters. The molecule has 1 aromatic rings. The van der Waals surface area contributed by atoms with E-state index in [4.69, 9.17) is 0 Å². The Labute approximate surface area is 107 Å². The van der Waals surface area contributed by atoms with Gasteiger partial charge >= 0.3 is 0 Å². The number of aryl methyl sites for hydroxylation is 1. The van der Waals surface area contributed by atoms with Crippen LogP contribution in [0, 0.1) is 18.8 Å². The van der Waals surface area contributed by atoms with Crippen molar-refractivity contribution in [2.24, 2.45) is 16.9 Å². The summed E-state index contributed by atoms with van der Waals surface area (Å²) in [6.07, 6.45) is 4.46. The van der Waals surface area contributed by atoms with Crippen LogP contribution in [0.3, 0.4) is 0 Å². The molecule has 1 heterocycles. The molecule has 1 amide bonds. The first-order valence-corrected chi connectivity index (χ1v) is 6.70. The summed E-state index contributed by atoms with van der Waals surface area (Å²) in [5.74, 6) is 0.554. The molecule has 0 bridgehead atoms. The molecule has 18 heavy (non-hydrogen) atoms. The third-order valence-electron chi connectivity index (χ3n) is 4.09. The molecule has 0 radical (unpaired) electrons. The fourth-order valence-corrected chi connectivity index (χ4v) is 3.06. The maximum absolute atomic E-state index is 11.8. The van der Waals surface area contributed by atoms with Crippen molar-refractivity contribution in [3.8, 4) is 0 Å². The van der Waals surface area contributed by atoms with E-state index in [1.165, 1.54) is 12.0 Å². The minimum atomic E-state index is 0.107. The Morgan fingerprint density at radius 3 is 2.50 bits per heavy atom. The summed E-state index contributed by atoms with van der Waals surface area (Å²) < 4.78 is 0. The van der Waals surface area contributed by atoms with Gasteiger partial charge in [-0.3, -0.25) is 4.79 Å². The highest BCUT2D eigenvalue weighted by Gasteiger charge is 2.37. The first-order valence-electron chi connectivity index (χ1n) is 6.70. The molecule has 0 spiro atoms. The zero-order valence-corrected chi connectivity index (χ0v) is 10.6. The van der Waals surface area contributed by atoms with E-state index in [-0.39, 0.29) is 11.8 Å². The van der Waals surface area contributed by atoms with Crippen molar-refractivity contribution >= 4 is 11.6 Å². The van der Waals surface area contributed by atoms with Crippen LogP contribution in [0.4, 0.5) is 0 Å². The lowest BCUT2D eigenvalue weighted by Crippen LogP contribution is -2.43. The summed E-state index contributed by atoms with van der Waals surface area (Å²) >= 11 is 0. The van der Waals surface area contributed by atoms with Crippen molar-refractivity contribution < 1.29 is 4.79 Å². The molecule has 1 fully saturated rings. The standard InChI is InChI=1S/C15H18N2O/c1-10-6-8-11(9-7-10)14-12-4-2-3-5-13(12)15(18)17-16-14/h6-9,12-13H,2-5H2,1H3,(H,17,18)/t12-,13+/m1/s1. The van der Waals surface area contributed by atoms with Gasteiger partial charge in [-0.05, 0) is 25.3 Å². The highest BCUT2D eigenvalue weighted by atomic mass is 16.2. The topological polar surface area (TPSA) is 41.5 Å². The number of fused-ring (bicyclic) bond motifs is 1. The maximum atomic E-state index is 11.8. The molecule has 3 rings (SSSR count). The predicted molar refractivity (Wildman–Crippen MR) is 71.3 cm³/mol. The minimum absolute atomic E-state index is 0.107. The first kappa shape index (κ1) is 11.5. The second-order valence-electron chi connectivity index (χ2n) is 5.34. The van der Waals surface area contributed by atoms with Gasteiger partial charge in [-0.15, -0.1) is 0 Å². The Morgan fingerprint density at radius 2 is 1.78 bits per heavy atom. The van der Waals surface area contributed by atoms with E-state index < -0.39 is 0 Å².